The number of carbonyl (C=O) groups excluding carboxylic acids is 2. The van der Waals surface area contributed by atoms with Crippen LogP contribution in [0.3, 0.4) is 0 Å². The summed E-state index contributed by atoms with van der Waals surface area (Å²) >= 11 is 3.04. The lowest BCUT2D eigenvalue weighted by Gasteiger charge is -2.08. The zero-order valence-corrected chi connectivity index (χ0v) is 19.7. The number of ether oxygens (including phenoxy) is 1. The molecule has 0 bridgehead atoms. The molecule has 168 valence electrons. The Hall–Kier alpha value is -3.56. The highest BCUT2D eigenvalue weighted by atomic mass is 32.1. The van der Waals surface area contributed by atoms with E-state index in [9.17, 15) is 14.4 Å². The molecule has 4 aromatic rings. The maximum absolute atomic E-state index is 13.1. The van der Waals surface area contributed by atoms with Crippen molar-refractivity contribution in [3.05, 3.63) is 75.0 Å². The third-order valence-electron chi connectivity index (χ3n) is 4.77. The molecule has 0 fully saturated rings. The van der Waals surface area contributed by atoms with Crippen LogP contribution in [0.15, 0.2) is 59.0 Å². The lowest BCUT2D eigenvalue weighted by Crippen LogP contribution is -2.27. The van der Waals surface area contributed by atoms with E-state index in [1.807, 2.05) is 24.4 Å². The molecule has 3 heterocycles. The number of amides is 1. The number of nitrogens with one attached hydrogen (secondary N) is 1. The van der Waals surface area contributed by atoms with E-state index in [4.69, 9.17) is 4.74 Å². The quantitative estimate of drug-likeness (QED) is 0.306. The van der Waals surface area contributed by atoms with Gasteiger partial charge in [0.25, 0.3) is 5.56 Å². The van der Waals surface area contributed by atoms with E-state index in [2.05, 4.69) is 10.3 Å². The van der Waals surface area contributed by atoms with Gasteiger partial charge >= 0.3 is 5.97 Å². The summed E-state index contributed by atoms with van der Waals surface area (Å²) in [7, 11) is 0. The van der Waals surface area contributed by atoms with Crippen LogP contribution >= 0.6 is 22.7 Å². The van der Waals surface area contributed by atoms with E-state index in [0.717, 1.165) is 20.9 Å². The van der Waals surface area contributed by atoms with E-state index in [0.29, 0.717) is 22.5 Å². The van der Waals surface area contributed by atoms with Crippen molar-refractivity contribution in [1.82, 2.24) is 9.55 Å². The number of fused-ring (bicyclic) bond motifs is 1. The van der Waals surface area contributed by atoms with E-state index in [-0.39, 0.29) is 18.0 Å². The molecule has 0 aliphatic carbocycles. The number of aryl methyl sites for hydroxylation is 1. The van der Waals surface area contributed by atoms with Gasteiger partial charge in [-0.1, -0.05) is 12.1 Å². The Balaban J connectivity index is 1.47. The van der Waals surface area contributed by atoms with Crippen LogP contribution in [0.5, 0.6) is 0 Å². The minimum atomic E-state index is -0.408. The van der Waals surface area contributed by atoms with Crippen molar-refractivity contribution in [2.45, 2.75) is 20.4 Å². The van der Waals surface area contributed by atoms with Gasteiger partial charge in [0.15, 0.2) is 0 Å². The number of hydrogen-bond donors (Lipinski definition) is 1. The molecule has 3 aromatic heterocycles. The number of nitrogens with zero attached hydrogens (tertiary/aromatic N) is 2. The summed E-state index contributed by atoms with van der Waals surface area (Å²) < 4.78 is 6.17. The Labute approximate surface area is 198 Å². The summed E-state index contributed by atoms with van der Waals surface area (Å²) in [6, 6.07) is 11.0. The van der Waals surface area contributed by atoms with Crippen LogP contribution in [-0.2, 0) is 20.9 Å². The predicted molar refractivity (Wildman–Crippen MR) is 133 cm³/mol. The molecule has 7 nitrogen and oxygen atoms in total. The topological polar surface area (TPSA) is 90.3 Å². The highest BCUT2D eigenvalue weighted by Crippen LogP contribution is 2.34. The van der Waals surface area contributed by atoms with Gasteiger partial charge in [-0.05, 0) is 49.8 Å². The average Bonchev–Trinajstić information content (AvgIpc) is 3.42. The largest absolute Gasteiger partial charge is 0.463 e. The normalized spacial score (nSPS) is 11.2. The Kier molecular flexibility index (Phi) is 6.81. The number of aromatic nitrogens is 2. The zero-order chi connectivity index (χ0) is 23.4. The second kappa shape index (κ2) is 9.93. The zero-order valence-electron chi connectivity index (χ0n) is 18.0. The monoisotopic (exact) mass is 479 g/mol. The molecule has 0 atom stereocenters. The first kappa shape index (κ1) is 22.6. The van der Waals surface area contributed by atoms with Crippen molar-refractivity contribution in [3.8, 4) is 10.4 Å². The molecular weight excluding hydrogens is 458 g/mol. The first-order chi connectivity index (χ1) is 15.9. The van der Waals surface area contributed by atoms with E-state index < -0.39 is 5.97 Å². The molecule has 0 radical (unpaired) electrons. The van der Waals surface area contributed by atoms with E-state index in [1.165, 1.54) is 28.3 Å². The molecule has 4 rings (SSSR count). The molecule has 0 aliphatic rings. The van der Waals surface area contributed by atoms with Crippen molar-refractivity contribution in [2.24, 2.45) is 0 Å². The fourth-order valence-electron chi connectivity index (χ4n) is 3.23. The van der Waals surface area contributed by atoms with Gasteiger partial charge in [-0.2, -0.15) is 0 Å². The summed E-state index contributed by atoms with van der Waals surface area (Å²) in [5.41, 5.74) is 1.99. The maximum Gasteiger partial charge on any atom is 0.330 e. The average molecular weight is 480 g/mol. The van der Waals surface area contributed by atoms with Crippen molar-refractivity contribution in [3.63, 3.8) is 0 Å². The Morgan fingerprint density at radius 3 is 2.67 bits per heavy atom. The van der Waals surface area contributed by atoms with Crippen LogP contribution in [0.4, 0.5) is 5.69 Å². The van der Waals surface area contributed by atoms with Crippen LogP contribution in [0.1, 0.15) is 17.4 Å². The molecular formula is C24H21N3O4S2. The molecule has 0 spiro atoms. The summed E-state index contributed by atoms with van der Waals surface area (Å²) in [5, 5.41) is 5.26. The van der Waals surface area contributed by atoms with Gasteiger partial charge in [0.1, 0.15) is 11.4 Å². The Bertz CT molecular complexity index is 1400. The first-order valence-electron chi connectivity index (χ1n) is 10.2. The van der Waals surface area contributed by atoms with Crippen LogP contribution in [0.25, 0.3) is 26.7 Å². The van der Waals surface area contributed by atoms with Gasteiger partial charge in [-0.25, -0.2) is 9.78 Å². The van der Waals surface area contributed by atoms with Gasteiger partial charge in [0.2, 0.25) is 5.91 Å². The fourth-order valence-corrected chi connectivity index (χ4v) is 5.09. The van der Waals surface area contributed by atoms with E-state index in [1.54, 1.807) is 48.6 Å². The number of thiophene rings is 2. The van der Waals surface area contributed by atoms with Crippen LogP contribution in [-0.4, -0.2) is 28.0 Å². The molecule has 0 saturated heterocycles. The van der Waals surface area contributed by atoms with Crippen LogP contribution < -0.4 is 10.9 Å². The fraction of sp³-hybridized carbons (Fsp3) is 0.167. The van der Waals surface area contributed by atoms with Crippen molar-refractivity contribution in [2.75, 3.05) is 11.9 Å². The van der Waals surface area contributed by atoms with Crippen molar-refractivity contribution in [1.29, 1.82) is 0 Å². The smallest absolute Gasteiger partial charge is 0.330 e. The van der Waals surface area contributed by atoms with Gasteiger partial charge in [-0.3, -0.25) is 14.2 Å². The molecule has 0 saturated carbocycles. The minimum Gasteiger partial charge on any atom is -0.463 e. The summed E-state index contributed by atoms with van der Waals surface area (Å²) in [4.78, 5) is 44.3. The van der Waals surface area contributed by atoms with Gasteiger partial charge in [-0.15, -0.1) is 22.7 Å². The molecule has 33 heavy (non-hydrogen) atoms. The third-order valence-corrected chi connectivity index (χ3v) is 6.69. The number of rotatable bonds is 7. The van der Waals surface area contributed by atoms with Crippen LogP contribution in [0, 0.1) is 6.92 Å². The number of anilines is 1. The van der Waals surface area contributed by atoms with Crippen LogP contribution in [0.2, 0.25) is 0 Å². The van der Waals surface area contributed by atoms with Crippen molar-refractivity contribution >= 4 is 56.5 Å². The molecule has 1 aromatic carbocycles. The highest BCUT2D eigenvalue weighted by Gasteiger charge is 2.15. The Morgan fingerprint density at radius 1 is 1.18 bits per heavy atom. The third kappa shape index (κ3) is 5.27. The van der Waals surface area contributed by atoms with Gasteiger partial charge < -0.3 is 10.1 Å². The van der Waals surface area contributed by atoms with E-state index >= 15 is 0 Å². The molecule has 0 unspecified atom stereocenters. The molecule has 1 N–H and O–H groups in total. The number of benzene rings is 1. The number of esters is 1. The maximum atomic E-state index is 13.1. The standard InChI is InChI=1S/C24H21N3O4S2/c1-3-31-21(29)11-7-16-5-8-17(9-6-16)26-20(28)12-27-14-25-23-22(24(27)30)18(13-32-23)19-10-4-15(2)33-19/h4-11,13-14H,3,12H2,1-2H3,(H,26,28)/b11-7+. The molecule has 9 heteroatoms. The van der Waals surface area contributed by atoms with Gasteiger partial charge in [0.05, 0.1) is 18.3 Å². The molecule has 1 amide bonds. The number of carbonyl (C=O) groups is 2. The van der Waals surface area contributed by atoms with Gasteiger partial charge in [0, 0.05) is 32.5 Å². The molecule has 0 aliphatic heterocycles. The highest BCUT2D eigenvalue weighted by molar-refractivity contribution is 7.19. The second-order valence-electron chi connectivity index (χ2n) is 7.17. The summed E-state index contributed by atoms with van der Waals surface area (Å²) in [6.07, 6.45) is 4.40. The number of hydrogen-bond acceptors (Lipinski definition) is 7. The predicted octanol–water partition coefficient (Wildman–Crippen LogP) is 4.71. The first-order valence-corrected chi connectivity index (χ1v) is 11.9. The summed E-state index contributed by atoms with van der Waals surface area (Å²) in [6.45, 7) is 3.94. The van der Waals surface area contributed by atoms with Crippen molar-refractivity contribution < 1.29 is 14.3 Å². The lowest BCUT2D eigenvalue weighted by atomic mass is 10.2. The lowest BCUT2D eigenvalue weighted by molar-refractivity contribution is -0.137. The SMILES string of the molecule is CCOC(=O)/C=C/c1ccc(NC(=O)Cn2cnc3scc(-c4ccc(C)s4)c3c2=O)cc1. The minimum absolute atomic E-state index is 0.148. The summed E-state index contributed by atoms with van der Waals surface area (Å²) in [5.74, 6) is -0.745. The Morgan fingerprint density at radius 2 is 1.97 bits per heavy atom. The second-order valence-corrected chi connectivity index (χ2v) is 9.32.